The Kier molecular flexibility index (Phi) is 3.82. The number of hydrogen-bond acceptors (Lipinski definition) is 1. The smallest absolute Gasteiger partial charge is 0.251 e. The SMILES string of the molecule is Cc1ccccc1C(=O)NCCc1ccn(C)c1. The molecule has 0 aliphatic heterocycles. The summed E-state index contributed by atoms with van der Waals surface area (Å²) in [6.45, 7) is 2.61. The summed E-state index contributed by atoms with van der Waals surface area (Å²) in [5.74, 6) is 0.00373. The van der Waals surface area contributed by atoms with Crippen LogP contribution < -0.4 is 5.32 Å². The molecule has 0 fully saturated rings. The van der Waals surface area contributed by atoms with Crippen molar-refractivity contribution >= 4 is 5.91 Å². The van der Waals surface area contributed by atoms with Crippen molar-refractivity contribution in [3.05, 3.63) is 59.4 Å². The van der Waals surface area contributed by atoms with Crippen LogP contribution in [0.5, 0.6) is 0 Å². The number of nitrogens with one attached hydrogen (secondary N) is 1. The Hall–Kier alpha value is -2.03. The van der Waals surface area contributed by atoms with Gasteiger partial charge in [-0.15, -0.1) is 0 Å². The van der Waals surface area contributed by atoms with Crippen LogP contribution in [0.25, 0.3) is 0 Å². The molecular formula is C15H18N2O. The second-order valence-electron chi connectivity index (χ2n) is 4.51. The van der Waals surface area contributed by atoms with Crippen molar-refractivity contribution in [2.24, 2.45) is 7.05 Å². The van der Waals surface area contributed by atoms with E-state index in [1.54, 1.807) is 0 Å². The number of nitrogens with zero attached hydrogens (tertiary/aromatic N) is 1. The Balaban J connectivity index is 1.87. The van der Waals surface area contributed by atoms with Crippen LogP contribution in [0.1, 0.15) is 21.5 Å². The minimum atomic E-state index is 0.00373. The van der Waals surface area contributed by atoms with E-state index in [4.69, 9.17) is 0 Å². The van der Waals surface area contributed by atoms with Crippen molar-refractivity contribution in [1.29, 1.82) is 0 Å². The first kappa shape index (κ1) is 12.4. The molecule has 0 atom stereocenters. The number of aromatic nitrogens is 1. The van der Waals surface area contributed by atoms with Crippen LogP contribution in [-0.2, 0) is 13.5 Å². The number of hydrogen-bond donors (Lipinski definition) is 1. The molecule has 2 aromatic rings. The minimum absolute atomic E-state index is 0.00373. The van der Waals surface area contributed by atoms with Gasteiger partial charge in [0.1, 0.15) is 0 Å². The Labute approximate surface area is 107 Å². The van der Waals surface area contributed by atoms with Gasteiger partial charge in [0.25, 0.3) is 5.91 Å². The average Bonchev–Trinajstić information content (AvgIpc) is 2.75. The Morgan fingerprint density at radius 2 is 2.06 bits per heavy atom. The van der Waals surface area contributed by atoms with Crippen LogP contribution in [0, 0.1) is 6.92 Å². The summed E-state index contributed by atoms with van der Waals surface area (Å²) in [4.78, 5) is 11.9. The lowest BCUT2D eigenvalue weighted by atomic mass is 10.1. The second-order valence-corrected chi connectivity index (χ2v) is 4.51. The molecule has 1 N–H and O–H groups in total. The fourth-order valence-electron chi connectivity index (χ4n) is 1.95. The van der Waals surface area contributed by atoms with Gasteiger partial charge in [-0.25, -0.2) is 0 Å². The molecule has 94 valence electrons. The lowest BCUT2D eigenvalue weighted by Crippen LogP contribution is -2.26. The van der Waals surface area contributed by atoms with E-state index in [0.29, 0.717) is 6.54 Å². The number of carbonyl (C=O) groups is 1. The topological polar surface area (TPSA) is 34.0 Å². The Bertz CT molecular complexity index is 543. The fourth-order valence-corrected chi connectivity index (χ4v) is 1.95. The maximum atomic E-state index is 11.9. The standard InChI is InChI=1S/C15H18N2O/c1-12-5-3-4-6-14(12)15(18)16-9-7-13-8-10-17(2)11-13/h3-6,8,10-11H,7,9H2,1-2H3,(H,16,18). The van der Waals surface area contributed by atoms with Crippen molar-refractivity contribution in [1.82, 2.24) is 9.88 Å². The van der Waals surface area contributed by atoms with E-state index in [-0.39, 0.29) is 5.91 Å². The summed E-state index contributed by atoms with van der Waals surface area (Å²) in [6, 6.07) is 9.70. The van der Waals surface area contributed by atoms with E-state index in [1.807, 2.05) is 49.0 Å². The number of benzene rings is 1. The van der Waals surface area contributed by atoms with Crippen LogP contribution in [0.2, 0.25) is 0 Å². The summed E-state index contributed by atoms with van der Waals surface area (Å²) in [5.41, 5.74) is 3.00. The Morgan fingerprint density at radius 3 is 2.72 bits per heavy atom. The highest BCUT2D eigenvalue weighted by atomic mass is 16.1. The molecule has 18 heavy (non-hydrogen) atoms. The number of aryl methyl sites for hydroxylation is 2. The van der Waals surface area contributed by atoms with Gasteiger partial charge in [-0.1, -0.05) is 18.2 Å². The first-order valence-corrected chi connectivity index (χ1v) is 6.11. The van der Waals surface area contributed by atoms with E-state index in [0.717, 1.165) is 17.5 Å². The lowest BCUT2D eigenvalue weighted by molar-refractivity contribution is 0.0953. The highest BCUT2D eigenvalue weighted by molar-refractivity contribution is 5.95. The molecule has 0 saturated heterocycles. The van der Waals surface area contributed by atoms with Crippen LogP contribution in [0.15, 0.2) is 42.7 Å². The third kappa shape index (κ3) is 3.00. The summed E-state index contributed by atoms with van der Waals surface area (Å²) < 4.78 is 2.01. The quantitative estimate of drug-likeness (QED) is 0.877. The van der Waals surface area contributed by atoms with Gasteiger partial charge in [-0.2, -0.15) is 0 Å². The third-order valence-electron chi connectivity index (χ3n) is 2.98. The van der Waals surface area contributed by atoms with Gasteiger partial charge < -0.3 is 9.88 Å². The molecule has 1 aromatic heterocycles. The molecule has 0 bridgehead atoms. The van der Waals surface area contributed by atoms with E-state index in [1.165, 1.54) is 5.56 Å². The summed E-state index contributed by atoms with van der Waals surface area (Å²) in [7, 11) is 2.00. The molecular weight excluding hydrogens is 224 g/mol. The second kappa shape index (κ2) is 5.54. The average molecular weight is 242 g/mol. The first-order chi connectivity index (χ1) is 8.66. The maximum absolute atomic E-state index is 11.9. The van der Waals surface area contributed by atoms with Gasteiger partial charge in [-0.05, 0) is 36.6 Å². The molecule has 3 heteroatoms. The molecule has 0 aliphatic rings. The molecule has 1 heterocycles. The van der Waals surface area contributed by atoms with Gasteiger partial charge in [-0.3, -0.25) is 4.79 Å². The van der Waals surface area contributed by atoms with Crippen LogP contribution in [-0.4, -0.2) is 17.0 Å². The van der Waals surface area contributed by atoms with Crippen LogP contribution >= 0.6 is 0 Å². The zero-order valence-corrected chi connectivity index (χ0v) is 10.8. The maximum Gasteiger partial charge on any atom is 0.251 e. The van der Waals surface area contributed by atoms with Crippen LogP contribution in [0.4, 0.5) is 0 Å². The minimum Gasteiger partial charge on any atom is -0.357 e. The van der Waals surface area contributed by atoms with E-state index >= 15 is 0 Å². The van der Waals surface area contributed by atoms with E-state index in [9.17, 15) is 4.79 Å². The summed E-state index contributed by atoms with van der Waals surface area (Å²) in [6.07, 6.45) is 4.94. The molecule has 0 radical (unpaired) electrons. The monoisotopic (exact) mass is 242 g/mol. The zero-order chi connectivity index (χ0) is 13.0. The van der Waals surface area contributed by atoms with Gasteiger partial charge >= 0.3 is 0 Å². The molecule has 0 aliphatic carbocycles. The number of carbonyl (C=O) groups excluding carboxylic acids is 1. The van der Waals surface area contributed by atoms with E-state index in [2.05, 4.69) is 17.6 Å². The van der Waals surface area contributed by atoms with Gasteiger partial charge in [0, 0.05) is 31.5 Å². The molecule has 1 amide bonds. The highest BCUT2D eigenvalue weighted by Crippen LogP contribution is 2.06. The van der Waals surface area contributed by atoms with E-state index < -0.39 is 0 Å². The predicted octanol–water partition coefficient (Wildman–Crippen LogP) is 2.31. The van der Waals surface area contributed by atoms with Crippen LogP contribution in [0.3, 0.4) is 0 Å². The predicted molar refractivity (Wildman–Crippen MR) is 72.6 cm³/mol. The first-order valence-electron chi connectivity index (χ1n) is 6.11. The third-order valence-corrected chi connectivity index (χ3v) is 2.98. The molecule has 0 unspecified atom stereocenters. The van der Waals surface area contributed by atoms with Gasteiger partial charge in [0.05, 0.1) is 0 Å². The molecule has 0 spiro atoms. The number of rotatable bonds is 4. The summed E-state index contributed by atoms with van der Waals surface area (Å²) >= 11 is 0. The zero-order valence-electron chi connectivity index (χ0n) is 10.8. The van der Waals surface area contributed by atoms with Crippen molar-refractivity contribution in [3.63, 3.8) is 0 Å². The number of amides is 1. The van der Waals surface area contributed by atoms with Gasteiger partial charge in [0.2, 0.25) is 0 Å². The fraction of sp³-hybridized carbons (Fsp3) is 0.267. The van der Waals surface area contributed by atoms with Crippen molar-refractivity contribution in [2.45, 2.75) is 13.3 Å². The van der Waals surface area contributed by atoms with Crippen molar-refractivity contribution in [2.75, 3.05) is 6.54 Å². The Morgan fingerprint density at radius 1 is 1.28 bits per heavy atom. The summed E-state index contributed by atoms with van der Waals surface area (Å²) in [5, 5.41) is 2.95. The highest BCUT2D eigenvalue weighted by Gasteiger charge is 2.07. The largest absolute Gasteiger partial charge is 0.357 e. The molecule has 2 rings (SSSR count). The molecule has 1 aromatic carbocycles. The van der Waals surface area contributed by atoms with Crippen molar-refractivity contribution < 1.29 is 4.79 Å². The molecule has 3 nitrogen and oxygen atoms in total. The normalized spacial score (nSPS) is 10.3. The molecule has 0 saturated carbocycles. The van der Waals surface area contributed by atoms with Gasteiger partial charge in [0.15, 0.2) is 0 Å². The van der Waals surface area contributed by atoms with Crippen molar-refractivity contribution in [3.8, 4) is 0 Å². The lowest BCUT2D eigenvalue weighted by Gasteiger charge is -2.06.